The fraction of sp³-hybridized carbons (Fsp3) is 0.455. The zero-order chi connectivity index (χ0) is 10.6. The third-order valence-corrected chi connectivity index (χ3v) is 2.69. The number of rotatable bonds is 4. The molecule has 0 aromatic heterocycles. The van der Waals surface area contributed by atoms with Gasteiger partial charge >= 0.3 is 0 Å². The Labute approximate surface area is 92.8 Å². The summed E-state index contributed by atoms with van der Waals surface area (Å²) in [5.74, 6) is 0.0767. The highest BCUT2D eigenvalue weighted by Gasteiger charge is 2.10. The van der Waals surface area contributed by atoms with E-state index in [1.807, 2.05) is 26.0 Å². The molecule has 0 spiro atoms. The smallest absolute Gasteiger partial charge is 0.127 e. The van der Waals surface area contributed by atoms with Crippen molar-refractivity contribution >= 4 is 15.9 Å². The maximum atomic E-state index is 13.5. The van der Waals surface area contributed by atoms with E-state index in [1.54, 1.807) is 0 Å². The average molecular weight is 260 g/mol. The van der Waals surface area contributed by atoms with Gasteiger partial charge in [-0.25, -0.2) is 4.39 Å². The number of benzene rings is 1. The van der Waals surface area contributed by atoms with E-state index < -0.39 is 0 Å². The Morgan fingerprint density at radius 2 is 2.21 bits per heavy atom. The number of hydrogen-bond donors (Lipinski definition) is 1. The Morgan fingerprint density at radius 3 is 2.79 bits per heavy atom. The lowest BCUT2D eigenvalue weighted by atomic mass is 10.0. The van der Waals surface area contributed by atoms with Crippen LogP contribution in [0, 0.1) is 5.82 Å². The fourth-order valence-corrected chi connectivity index (χ4v) is 1.71. The molecule has 0 radical (unpaired) electrons. The molecule has 0 aliphatic carbocycles. The highest BCUT2D eigenvalue weighted by molar-refractivity contribution is 9.10. The van der Waals surface area contributed by atoms with Crippen LogP contribution in [0.5, 0.6) is 0 Å². The van der Waals surface area contributed by atoms with Crippen LogP contribution in [0.4, 0.5) is 4.39 Å². The van der Waals surface area contributed by atoms with Crippen LogP contribution in [0.15, 0.2) is 22.7 Å². The van der Waals surface area contributed by atoms with E-state index >= 15 is 0 Å². The van der Waals surface area contributed by atoms with Gasteiger partial charge in [0.15, 0.2) is 0 Å². The van der Waals surface area contributed by atoms with E-state index in [0.717, 1.165) is 23.1 Å². The quantitative estimate of drug-likeness (QED) is 0.875. The largest absolute Gasteiger partial charge is 0.316 e. The number of nitrogens with one attached hydrogen (secondary N) is 1. The molecule has 3 heteroatoms. The zero-order valence-corrected chi connectivity index (χ0v) is 10.1. The van der Waals surface area contributed by atoms with Gasteiger partial charge in [0, 0.05) is 11.0 Å². The van der Waals surface area contributed by atoms with Crippen molar-refractivity contribution in [1.29, 1.82) is 0 Å². The molecule has 0 fully saturated rings. The van der Waals surface area contributed by atoms with Gasteiger partial charge < -0.3 is 5.32 Å². The van der Waals surface area contributed by atoms with E-state index in [1.165, 1.54) is 6.07 Å². The van der Waals surface area contributed by atoms with E-state index in [4.69, 9.17) is 0 Å². The third-order valence-electron chi connectivity index (χ3n) is 2.19. The summed E-state index contributed by atoms with van der Waals surface area (Å²) in [5.41, 5.74) is 0.772. The summed E-state index contributed by atoms with van der Waals surface area (Å²) in [6.07, 6.45) is 0. The van der Waals surface area contributed by atoms with E-state index in [-0.39, 0.29) is 11.7 Å². The molecule has 1 N–H and O–H groups in total. The van der Waals surface area contributed by atoms with Crippen LogP contribution in [0.3, 0.4) is 0 Å². The molecule has 14 heavy (non-hydrogen) atoms. The maximum absolute atomic E-state index is 13.5. The van der Waals surface area contributed by atoms with Crippen molar-refractivity contribution in [1.82, 2.24) is 5.32 Å². The molecule has 78 valence electrons. The van der Waals surface area contributed by atoms with Crippen molar-refractivity contribution in [3.05, 3.63) is 34.1 Å². The van der Waals surface area contributed by atoms with Crippen molar-refractivity contribution in [3.8, 4) is 0 Å². The number of halogens is 2. The Hall–Kier alpha value is -0.410. The molecule has 1 atom stereocenters. The van der Waals surface area contributed by atoms with Gasteiger partial charge in [-0.15, -0.1) is 0 Å². The molecule has 0 aliphatic rings. The molecule has 0 saturated carbocycles. The first-order valence-electron chi connectivity index (χ1n) is 4.80. The highest BCUT2D eigenvalue weighted by atomic mass is 79.9. The highest BCUT2D eigenvalue weighted by Crippen LogP contribution is 2.21. The predicted molar refractivity (Wildman–Crippen MR) is 61.1 cm³/mol. The van der Waals surface area contributed by atoms with Crippen molar-refractivity contribution in [2.45, 2.75) is 19.8 Å². The molecule has 1 aromatic carbocycles. The molecule has 1 rings (SSSR count). The molecule has 1 aromatic rings. The Kier molecular flexibility index (Phi) is 4.55. The third kappa shape index (κ3) is 3.07. The minimum absolute atomic E-state index is 0.134. The maximum Gasteiger partial charge on any atom is 0.127 e. The van der Waals surface area contributed by atoms with Crippen LogP contribution in [0.2, 0.25) is 0 Å². The van der Waals surface area contributed by atoms with Crippen molar-refractivity contribution in [2.75, 3.05) is 13.1 Å². The van der Waals surface area contributed by atoms with Crippen LogP contribution in [-0.2, 0) is 0 Å². The normalized spacial score (nSPS) is 12.9. The Balaban J connectivity index is 2.74. The summed E-state index contributed by atoms with van der Waals surface area (Å²) in [4.78, 5) is 0. The van der Waals surface area contributed by atoms with E-state index in [0.29, 0.717) is 0 Å². The topological polar surface area (TPSA) is 12.0 Å². The molecule has 0 saturated heterocycles. The predicted octanol–water partition coefficient (Wildman–Crippen LogP) is 3.30. The second kappa shape index (κ2) is 5.47. The van der Waals surface area contributed by atoms with Gasteiger partial charge in [-0.3, -0.25) is 0 Å². The van der Waals surface area contributed by atoms with E-state index in [9.17, 15) is 4.39 Å². The van der Waals surface area contributed by atoms with Crippen LogP contribution in [0.1, 0.15) is 25.3 Å². The SMILES string of the molecule is CCNCC(C)c1ccc(Br)cc1F. The van der Waals surface area contributed by atoms with Crippen molar-refractivity contribution < 1.29 is 4.39 Å². The second-order valence-electron chi connectivity index (χ2n) is 3.37. The summed E-state index contributed by atoms with van der Waals surface area (Å²) in [7, 11) is 0. The van der Waals surface area contributed by atoms with Crippen LogP contribution < -0.4 is 5.32 Å². The monoisotopic (exact) mass is 259 g/mol. The van der Waals surface area contributed by atoms with Gasteiger partial charge in [0.2, 0.25) is 0 Å². The van der Waals surface area contributed by atoms with Gasteiger partial charge in [-0.1, -0.05) is 35.8 Å². The lowest BCUT2D eigenvalue weighted by molar-refractivity contribution is 0.566. The lowest BCUT2D eigenvalue weighted by Crippen LogP contribution is -2.19. The standard InChI is InChI=1S/C11H15BrFN/c1-3-14-7-8(2)10-5-4-9(12)6-11(10)13/h4-6,8,14H,3,7H2,1-2H3. The summed E-state index contributed by atoms with van der Waals surface area (Å²) in [6.45, 7) is 5.80. The lowest BCUT2D eigenvalue weighted by Gasteiger charge is -2.13. The molecule has 0 amide bonds. The van der Waals surface area contributed by atoms with Crippen molar-refractivity contribution in [2.24, 2.45) is 0 Å². The first-order chi connectivity index (χ1) is 6.65. The molecule has 1 nitrogen and oxygen atoms in total. The Morgan fingerprint density at radius 1 is 1.50 bits per heavy atom. The summed E-state index contributed by atoms with van der Waals surface area (Å²) < 4.78 is 14.3. The van der Waals surface area contributed by atoms with E-state index in [2.05, 4.69) is 21.2 Å². The number of likely N-dealkylation sites (N-methyl/N-ethyl adjacent to an activating group) is 1. The molecule has 0 heterocycles. The van der Waals surface area contributed by atoms with Gasteiger partial charge in [0.1, 0.15) is 5.82 Å². The summed E-state index contributed by atoms with van der Waals surface area (Å²) in [6, 6.07) is 5.22. The first kappa shape index (κ1) is 11.7. The second-order valence-corrected chi connectivity index (χ2v) is 4.29. The fourth-order valence-electron chi connectivity index (χ4n) is 1.37. The minimum Gasteiger partial charge on any atom is -0.316 e. The van der Waals surface area contributed by atoms with Gasteiger partial charge in [0.25, 0.3) is 0 Å². The van der Waals surface area contributed by atoms with Crippen molar-refractivity contribution in [3.63, 3.8) is 0 Å². The summed E-state index contributed by atoms with van der Waals surface area (Å²) >= 11 is 3.24. The summed E-state index contributed by atoms with van der Waals surface area (Å²) in [5, 5.41) is 3.21. The zero-order valence-electron chi connectivity index (χ0n) is 8.48. The Bertz CT molecular complexity index is 301. The van der Waals surface area contributed by atoms with Gasteiger partial charge in [-0.05, 0) is 30.2 Å². The van der Waals surface area contributed by atoms with Crippen LogP contribution in [-0.4, -0.2) is 13.1 Å². The molecule has 1 unspecified atom stereocenters. The van der Waals surface area contributed by atoms with Gasteiger partial charge in [0.05, 0.1) is 0 Å². The van der Waals surface area contributed by atoms with Crippen LogP contribution >= 0.6 is 15.9 Å². The van der Waals surface area contributed by atoms with Crippen LogP contribution in [0.25, 0.3) is 0 Å². The first-order valence-corrected chi connectivity index (χ1v) is 5.60. The van der Waals surface area contributed by atoms with Gasteiger partial charge in [-0.2, -0.15) is 0 Å². The molecular formula is C11H15BrFN. The average Bonchev–Trinajstić information content (AvgIpc) is 2.14. The molecule has 0 aliphatic heterocycles. The molecular weight excluding hydrogens is 245 g/mol. The molecule has 0 bridgehead atoms. The minimum atomic E-state index is -0.134. The number of hydrogen-bond acceptors (Lipinski definition) is 1.